The molecule has 0 aliphatic carbocycles. The molecule has 12 rings (SSSR count). The van der Waals surface area contributed by atoms with Crippen molar-refractivity contribution in [2.24, 2.45) is 17.8 Å². The predicted octanol–water partition coefficient (Wildman–Crippen LogP) is 10.2. The summed E-state index contributed by atoms with van der Waals surface area (Å²) in [5.74, 6) is -3.94. The SMILES string of the molecule is CC(C)OC(=O)[C@H](C)CP(=O)(Oc1ccccc1)O[C@H](C)[C@H]1O[C@@H](n2cnc3c(=O)[nH]c(N)nc32)C(Cl)(CF)[C@H]1O.CC(C)OC(=O)[C@H](C)C[P@@](=O)(Oc1ccccc1)O[C@H](C)[C@H]1O[C@@H](n2cnc3c(=O)[nH]c(N)nc32)C(Cl)(CF)[C@H]1O.Cc1nc2c(ncn2[C@@H]2O[C@H]([C@@H](C)O[P@](=O)(C[C@@H](C)C(=O)OC(C)C)Oc3ccccc3)[C@H](O)C2(Cl)CF)c(=O)[nH]1. The van der Waals surface area contributed by atoms with Crippen molar-refractivity contribution in [1.29, 1.82) is 0 Å². The van der Waals surface area contributed by atoms with Gasteiger partial charge in [0.15, 0.2) is 52.2 Å². The molecule has 3 aliphatic rings. The number of aromatic nitrogens is 12. The number of aliphatic hydroxyl groups is 3. The quantitative estimate of drug-likeness (QED) is 0.00820. The lowest BCUT2D eigenvalue weighted by atomic mass is 9.97. The average molecular weight is 1850 g/mol. The smallest absolute Gasteiger partial charge is 0.380 e. The Morgan fingerprint density at radius 1 is 0.455 bits per heavy atom. The van der Waals surface area contributed by atoms with E-state index in [1.54, 1.807) is 139 Å². The molecule has 47 heteroatoms. The van der Waals surface area contributed by atoms with Crippen LogP contribution in [0.15, 0.2) is 124 Å². The number of carbonyl (C=O) groups is 3. The lowest BCUT2D eigenvalue weighted by molar-refractivity contribution is -0.152. The summed E-state index contributed by atoms with van der Waals surface area (Å²) in [6.07, 6.45) is -15.5. The molecule has 672 valence electrons. The molecule has 38 nitrogen and oxygen atoms in total. The van der Waals surface area contributed by atoms with Gasteiger partial charge in [0.2, 0.25) is 11.9 Å². The van der Waals surface area contributed by atoms with Crippen LogP contribution in [0.2, 0.25) is 0 Å². The number of benzene rings is 3. The second-order valence-electron chi connectivity index (χ2n) is 30.6. The second kappa shape index (κ2) is 39.8. The molecule has 3 aliphatic heterocycles. The molecule has 6 aromatic heterocycles. The van der Waals surface area contributed by atoms with Crippen molar-refractivity contribution >= 4 is 121 Å². The number of hydrogen-bond acceptors (Lipinski definition) is 32. The lowest BCUT2D eigenvalue weighted by Crippen LogP contribution is -2.46. The largest absolute Gasteiger partial charge is 0.463 e. The van der Waals surface area contributed by atoms with Gasteiger partial charge in [0, 0.05) is 0 Å². The Hall–Kier alpha value is -8.89. The third-order valence-electron chi connectivity index (χ3n) is 19.4. The molecular formula is C76H97Cl3F3N14O24P3. The number of aryl methyl sites for hydroxylation is 1. The summed E-state index contributed by atoms with van der Waals surface area (Å²) in [5, 5.41) is 33.5. The van der Waals surface area contributed by atoms with E-state index in [4.69, 9.17) is 102 Å². The minimum Gasteiger partial charge on any atom is -0.463 e. The Morgan fingerprint density at radius 2 is 0.707 bits per heavy atom. The van der Waals surface area contributed by atoms with Crippen molar-refractivity contribution in [1.82, 2.24) is 58.6 Å². The topological polar surface area (TPSA) is 517 Å². The monoisotopic (exact) mass is 1840 g/mol. The maximum atomic E-state index is 14.5. The second-order valence-corrected chi connectivity index (χ2v) is 38.6. The summed E-state index contributed by atoms with van der Waals surface area (Å²) < 4.78 is 158. The molecule has 3 aromatic carbocycles. The minimum atomic E-state index is -4.13. The lowest BCUT2D eigenvalue weighted by Gasteiger charge is -2.29. The van der Waals surface area contributed by atoms with E-state index < -0.39 is 196 Å². The van der Waals surface area contributed by atoms with Gasteiger partial charge in [0.25, 0.3) is 16.7 Å². The number of esters is 3. The molecule has 123 heavy (non-hydrogen) atoms. The highest BCUT2D eigenvalue weighted by atomic mass is 35.5. The molecule has 4 unspecified atom stereocenters. The fraction of sp³-hybridized carbons (Fsp3) is 0.526. The number of nitrogens with two attached hydrogens (primary N) is 2. The zero-order chi connectivity index (χ0) is 90.3. The van der Waals surface area contributed by atoms with Crippen LogP contribution in [0.5, 0.6) is 17.2 Å². The van der Waals surface area contributed by atoms with Gasteiger partial charge in [0.1, 0.15) is 94.3 Å². The predicted molar refractivity (Wildman–Crippen MR) is 443 cm³/mol. The van der Waals surface area contributed by atoms with Gasteiger partial charge in [0.05, 0.1) is 91.8 Å². The van der Waals surface area contributed by atoms with E-state index in [0.717, 1.165) is 12.7 Å². The molecule has 0 radical (unpaired) electrons. The first-order valence-corrected chi connectivity index (χ1v) is 45.0. The number of carbonyl (C=O) groups excluding carboxylic acids is 3. The van der Waals surface area contributed by atoms with Crippen molar-refractivity contribution in [2.45, 2.75) is 197 Å². The van der Waals surface area contributed by atoms with Gasteiger partial charge in [-0.3, -0.25) is 66.0 Å². The average Bonchev–Trinajstić information content (AvgIpc) is 1.59. The Bertz CT molecular complexity index is 4990. The van der Waals surface area contributed by atoms with Crippen LogP contribution in [0.1, 0.15) is 108 Å². The van der Waals surface area contributed by atoms with Crippen molar-refractivity contribution in [3.05, 3.63) is 147 Å². The first kappa shape index (κ1) is 96.3. The molecular weight excluding hydrogens is 1750 g/mol. The van der Waals surface area contributed by atoms with Crippen LogP contribution in [-0.2, 0) is 70.1 Å². The first-order valence-electron chi connectivity index (χ1n) is 38.6. The maximum absolute atomic E-state index is 14.5. The van der Waals surface area contributed by atoms with Gasteiger partial charge in [-0.05, 0) is 106 Å². The van der Waals surface area contributed by atoms with Crippen LogP contribution in [0.3, 0.4) is 0 Å². The highest BCUT2D eigenvalue weighted by Gasteiger charge is 2.62. The number of para-hydroxylation sites is 3. The van der Waals surface area contributed by atoms with E-state index in [1.165, 1.54) is 61.6 Å². The summed E-state index contributed by atoms with van der Waals surface area (Å²) >= 11 is 19.8. The number of aliphatic hydroxyl groups excluding tert-OH is 3. The Kier molecular flexibility index (Phi) is 31.1. The molecule has 0 amide bonds. The van der Waals surface area contributed by atoms with E-state index in [2.05, 4.69) is 44.9 Å². The van der Waals surface area contributed by atoms with Crippen molar-refractivity contribution in [3.8, 4) is 17.2 Å². The van der Waals surface area contributed by atoms with Crippen LogP contribution in [0.25, 0.3) is 33.5 Å². The highest BCUT2D eigenvalue weighted by Crippen LogP contribution is 2.58. The molecule has 3 fully saturated rings. The van der Waals surface area contributed by atoms with Crippen LogP contribution in [-0.4, -0.2) is 218 Å². The zero-order valence-corrected chi connectivity index (χ0v) is 73.7. The third-order valence-corrected chi connectivity index (χ3v) is 27.4. The van der Waals surface area contributed by atoms with Crippen LogP contribution >= 0.6 is 57.6 Å². The molecule has 21 atom stereocenters. The number of nitrogens with one attached hydrogen (secondary N) is 3. The number of H-pyrrole nitrogens is 3. The Balaban J connectivity index is 0.000000193. The first-order chi connectivity index (χ1) is 57.8. The molecule has 10 N–H and O–H groups in total. The standard InChI is InChI=1S/C26H33ClFN4O8P.2C25H32ClFN5O8P/c1-14(2)37-24(35)15(3)11-41(36,40-18-9-7-6-8-10-18)39-16(4)20-21(33)26(27,12-28)25(38-20)32-13-29-19-22(32)30-17(5)31-23(19)34;2*1-13(2)37-22(35)14(3)10-41(36,40-16-8-6-5-7-9-16)39-15(4)18-19(33)25(26,11-27)23(38-18)32-12-29-17-20(32)30-24(28)31-21(17)34/h6-10,13-16,20-21,25,33H,11-12H2,1-5H3,(H,30,31,34);2*5-9,12-15,18-19,23,33H,10-11H2,1-4H3,(H3,28,30,31,34)/t15-,16-,20-,21+,25-,26?,41-;14-,15-,18-,19+,23-,25?,41?;14-,15-,18-,19+,23-,25?,41+/m111/s1. The zero-order valence-electron chi connectivity index (χ0n) is 68.7. The molecule has 0 bridgehead atoms. The van der Waals surface area contributed by atoms with Crippen LogP contribution in [0, 0.1) is 24.7 Å². The highest BCUT2D eigenvalue weighted by molar-refractivity contribution is 7.55. The molecule has 9 heterocycles. The number of fused-ring (bicyclic) bond motifs is 3. The maximum Gasteiger partial charge on any atom is 0.380 e. The Morgan fingerprint density at radius 3 is 0.959 bits per heavy atom. The van der Waals surface area contributed by atoms with Crippen LogP contribution in [0.4, 0.5) is 25.1 Å². The van der Waals surface area contributed by atoms with E-state index in [-0.39, 0.29) is 93.1 Å². The third kappa shape index (κ3) is 22.0. The van der Waals surface area contributed by atoms with Crippen molar-refractivity contribution in [2.75, 3.05) is 50.0 Å². The molecule has 0 saturated carbocycles. The summed E-state index contributed by atoms with van der Waals surface area (Å²) in [6, 6.07) is 24.6. The number of nitrogen functional groups attached to an aromatic ring is 2. The fourth-order valence-electron chi connectivity index (χ4n) is 13.6. The number of rotatable bonds is 33. The number of aromatic amines is 3. The van der Waals surface area contributed by atoms with Gasteiger partial charge in [-0.15, -0.1) is 34.8 Å². The number of anilines is 2. The van der Waals surface area contributed by atoms with E-state index in [9.17, 15) is 71.0 Å². The number of hydrogen-bond donors (Lipinski definition) is 8. The summed E-state index contributed by atoms with van der Waals surface area (Å²) in [7, 11) is -12.4. The molecule has 9 aromatic rings. The van der Waals surface area contributed by atoms with Gasteiger partial charge < -0.3 is 73.8 Å². The van der Waals surface area contributed by atoms with Gasteiger partial charge >= 0.3 is 40.7 Å². The molecule has 0 spiro atoms. The minimum absolute atomic E-state index is 0.0256. The summed E-state index contributed by atoms with van der Waals surface area (Å²) in [6.45, 7) is 16.8. The van der Waals surface area contributed by atoms with Crippen LogP contribution < -0.4 is 41.7 Å². The summed E-state index contributed by atoms with van der Waals surface area (Å²) in [4.78, 5) is 99.7. The Labute approximate surface area is 716 Å². The molecule has 3 saturated heterocycles. The number of nitrogens with zero attached hydrogens (tertiary/aromatic N) is 9. The van der Waals surface area contributed by atoms with Crippen molar-refractivity contribution < 1.29 is 112 Å². The number of imidazole rings is 3. The number of halogens is 6. The van der Waals surface area contributed by atoms with Gasteiger partial charge in [-0.1, -0.05) is 75.4 Å². The normalized spacial score (nSPS) is 25.6. The van der Waals surface area contributed by atoms with Gasteiger partial charge in [-0.25, -0.2) is 46.8 Å². The van der Waals surface area contributed by atoms with Crippen molar-refractivity contribution in [3.63, 3.8) is 0 Å². The fourth-order valence-corrected chi connectivity index (χ4v) is 20.7. The van der Waals surface area contributed by atoms with E-state index in [1.807, 2.05) is 0 Å². The van der Waals surface area contributed by atoms with E-state index >= 15 is 0 Å². The number of ether oxygens (including phenoxy) is 6. The van der Waals surface area contributed by atoms with Gasteiger partial charge in [-0.2, -0.15) is 9.97 Å². The summed E-state index contributed by atoms with van der Waals surface area (Å²) in [5.41, 5.74) is 9.30. The number of alkyl halides is 6. The van der Waals surface area contributed by atoms with E-state index in [0.29, 0.717) is 0 Å².